The largest absolute Gasteiger partial charge is 0.493 e. The normalized spacial score (nSPS) is 11.6. The fourth-order valence-electron chi connectivity index (χ4n) is 2.58. The number of para-hydroxylation sites is 1. The highest BCUT2D eigenvalue weighted by molar-refractivity contribution is 6.07. The zero-order valence-electron chi connectivity index (χ0n) is 12.6. The van der Waals surface area contributed by atoms with E-state index in [1.807, 2.05) is 0 Å². The van der Waals surface area contributed by atoms with E-state index in [0.717, 1.165) is 30.8 Å². The van der Waals surface area contributed by atoms with Crippen LogP contribution in [0.3, 0.4) is 0 Å². The molecule has 0 aliphatic rings. The number of hydrogen-bond donors (Lipinski definition) is 2. The Bertz CT molecular complexity index is 730. The summed E-state index contributed by atoms with van der Waals surface area (Å²) in [7, 11) is 0. The summed E-state index contributed by atoms with van der Waals surface area (Å²) >= 11 is 0. The van der Waals surface area contributed by atoms with Crippen molar-refractivity contribution >= 4 is 21.8 Å². The van der Waals surface area contributed by atoms with E-state index in [2.05, 4.69) is 66.6 Å². The van der Waals surface area contributed by atoms with Crippen LogP contribution in [0.25, 0.3) is 21.8 Å². The quantitative estimate of drug-likeness (QED) is 0.668. The maximum absolute atomic E-state index is 5.83. The molecule has 0 bridgehead atoms. The lowest BCUT2D eigenvalue weighted by Gasteiger charge is -2.09. The monoisotopic (exact) mass is 282 g/mol. The van der Waals surface area contributed by atoms with E-state index in [9.17, 15) is 0 Å². The fraction of sp³-hybridized carbons (Fsp3) is 0.333. The Morgan fingerprint density at radius 3 is 2.71 bits per heavy atom. The van der Waals surface area contributed by atoms with E-state index in [-0.39, 0.29) is 0 Å². The smallest absolute Gasteiger partial charge is 0.121 e. The molecule has 0 fully saturated rings. The zero-order chi connectivity index (χ0) is 14.7. The molecule has 2 aromatic carbocycles. The molecule has 0 aliphatic heterocycles. The summed E-state index contributed by atoms with van der Waals surface area (Å²) in [4.78, 5) is 3.44. The fourth-order valence-corrected chi connectivity index (χ4v) is 2.58. The topological polar surface area (TPSA) is 37.0 Å². The van der Waals surface area contributed by atoms with Crippen molar-refractivity contribution < 1.29 is 4.74 Å². The lowest BCUT2D eigenvalue weighted by Crippen LogP contribution is -2.24. The van der Waals surface area contributed by atoms with Crippen molar-refractivity contribution in [3.63, 3.8) is 0 Å². The number of ether oxygens (including phenoxy) is 1. The van der Waals surface area contributed by atoms with Gasteiger partial charge in [-0.3, -0.25) is 0 Å². The second-order valence-corrected chi connectivity index (χ2v) is 5.69. The van der Waals surface area contributed by atoms with Crippen molar-refractivity contribution in [2.24, 2.45) is 0 Å². The predicted molar refractivity (Wildman–Crippen MR) is 89.1 cm³/mol. The highest BCUT2D eigenvalue weighted by Gasteiger charge is 2.04. The van der Waals surface area contributed by atoms with Crippen LogP contribution in [0.2, 0.25) is 0 Å². The second-order valence-electron chi connectivity index (χ2n) is 5.69. The van der Waals surface area contributed by atoms with Crippen molar-refractivity contribution in [3.8, 4) is 5.75 Å². The molecule has 0 spiro atoms. The number of aromatic nitrogens is 1. The van der Waals surface area contributed by atoms with E-state index in [4.69, 9.17) is 4.74 Å². The Balaban J connectivity index is 1.68. The number of nitrogens with one attached hydrogen (secondary N) is 2. The van der Waals surface area contributed by atoms with Gasteiger partial charge in [-0.15, -0.1) is 0 Å². The molecule has 110 valence electrons. The molecule has 0 aliphatic carbocycles. The van der Waals surface area contributed by atoms with Crippen LogP contribution >= 0.6 is 0 Å². The van der Waals surface area contributed by atoms with Gasteiger partial charge in [0.15, 0.2) is 0 Å². The van der Waals surface area contributed by atoms with Crippen LogP contribution in [0.4, 0.5) is 0 Å². The Labute approximate surface area is 125 Å². The average molecular weight is 282 g/mol. The maximum atomic E-state index is 5.83. The summed E-state index contributed by atoms with van der Waals surface area (Å²) in [6, 6.07) is 15.2. The molecule has 21 heavy (non-hydrogen) atoms. The molecule has 3 heteroatoms. The van der Waals surface area contributed by atoms with Crippen LogP contribution in [0.5, 0.6) is 5.75 Å². The van der Waals surface area contributed by atoms with Crippen LogP contribution in [-0.2, 0) is 0 Å². The highest BCUT2D eigenvalue weighted by Crippen LogP contribution is 2.28. The molecule has 0 saturated heterocycles. The summed E-state index contributed by atoms with van der Waals surface area (Å²) in [5, 5.41) is 5.91. The van der Waals surface area contributed by atoms with Crippen LogP contribution in [0.15, 0.2) is 42.5 Å². The minimum absolute atomic E-state index is 0.535. The van der Waals surface area contributed by atoms with E-state index in [1.54, 1.807) is 0 Å². The first-order chi connectivity index (χ1) is 10.2. The number of fused-ring (bicyclic) bond motifs is 3. The lowest BCUT2D eigenvalue weighted by atomic mass is 10.1. The van der Waals surface area contributed by atoms with Crippen molar-refractivity contribution in [3.05, 3.63) is 42.5 Å². The minimum Gasteiger partial charge on any atom is -0.493 e. The number of H-pyrrole nitrogens is 1. The van der Waals surface area contributed by atoms with E-state index < -0.39 is 0 Å². The van der Waals surface area contributed by atoms with Crippen molar-refractivity contribution in [2.75, 3.05) is 13.2 Å². The highest BCUT2D eigenvalue weighted by atomic mass is 16.5. The van der Waals surface area contributed by atoms with Gasteiger partial charge in [0.25, 0.3) is 0 Å². The van der Waals surface area contributed by atoms with Gasteiger partial charge in [0.05, 0.1) is 12.1 Å². The third-order valence-corrected chi connectivity index (χ3v) is 3.62. The van der Waals surface area contributed by atoms with Crippen LogP contribution in [0.1, 0.15) is 20.3 Å². The average Bonchev–Trinajstić information content (AvgIpc) is 2.84. The first-order valence-electron chi connectivity index (χ1n) is 7.61. The van der Waals surface area contributed by atoms with E-state index in [1.165, 1.54) is 16.3 Å². The van der Waals surface area contributed by atoms with Gasteiger partial charge in [-0.05, 0) is 31.2 Å². The maximum Gasteiger partial charge on any atom is 0.121 e. The molecule has 2 N–H and O–H groups in total. The summed E-state index contributed by atoms with van der Waals surface area (Å²) in [5.74, 6) is 0.929. The molecule has 0 radical (unpaired) electrons. The number of benzene rings is 2. The Morgan fingerprint density at radius 1 is 1.05 bits per heavy atom. The number of hydrogen-bond acceptors (Lipinski definition) is 2. The zero-order valence-corrected chi connectivity index (χ0v) is 12.6. The third-order valence-electron chi connectivity index (χ3n) is 3.62. The van der Waals surface area contributed by atoms with Crippen LogP contribution < -0.4 is 10.1 Å². The van der Waals surface area contributed by atoms with Gasteiger partial charge in [0, 0.05) is 28.4 Å². The van der Waals surface area contributed by atoms with Gasteiger partial charge < -0.3 is 15.0 Å². The SMILES string of the molecule is CC(C)NCCCOc1ccc2c(c1)[nH]c1ccccc12. The standard InChI is InChI=1S/C18H22N2O/c1-13(2)19-10-5-11-21-14-8-9-16-15-6-3-4-7-17(15)20-18(16)12-14/h3-4,6-9,12-13,19-20H,5,10-11H2,1-2H3. The van der Waals surface area contributed by atoms with Crippen LogP contribution in [0, 0.1) is 0 Å². The molecular weight excluding hydrogens is 260 g/mol. The number of rotatable bonds is 6. The third kappa shape index (κ3) is 3.19. The number of aromatic amines is 1. The second kappa shape index (κ2) is 6.19. The van der Waals surface area contributed by atoms with Crippen molar-refractivity contribution in [1.82, 2.24) is 10.3 Å². The van der Waals surface area contributed by atoms with Gasteiger partial charge in [0.1, 0.15) is 5.75 Å². The first-order valence-corrected chi connectivity index (χ1v) is 7.61. The molecule has 3 rings (SSSR count). The molecule has 3 nitrogen and oxygen atoms in total. The summed E-state index contributed by atoms with van der Waals surface area (Å²) in [6.45, 7) is 6.05. The van der Waals surface area contributed by atoms with Gasteiger partial charge in [0.2, 0.25) is 0 Å². The van der Waals surface area contributed by atoms with Gasteiger partial charge >= 0.3 is 0 Å². The van der Waals surface area contributed by atoms with Gasteiger partial charge in [-0.25, -0.2) is 0 Å². The Kier molecular flexibility index (Phi) is 4.11. The molecular formula is C18H22N2O. The van der Waals surface area contributed by atoms with Crippen molar-refractivity contribution in [2.45, 2.75) is 26.3 Å². The summed E-state index contributed by atoms with van der Waals surface area (Å²) in [5.41, 5.74) is 2.31. The molecule has 3 aromatic rings. The Morgan fingerprint density at radius 2 is 1.86 bits per heavy atom. The van der Waals surface area contributed by atoms with E-state index in [0.29, 0.717) is 6.04 Å². The molecule has 0 unspecified atom stereocenters. The predicted octanol–water partition coefficient (Wildman–Crippen LogP) is 4.09. The minimum atomic E-state index is 0.535. The van der Waals surface area contributed by atoms with Gasteiger partial charge in [-0.2, -0.15) is 0 Å². The first kappa shape index (κ1) is 14.0. The molecule has 0 atom stereocenters. The molecule has 0 saturated carbocycles. The molecule has 0 amide bonds. The summed E-state index contributed by atoms with van der Waals surface area (Å²) in [6.07, 6.45) is 1.02. The Hall–Kier alpha value is -2.00. The molecule has 1 aromatic heterocycles. The van der Waals surface area contributed by atoms with Crippen molar-refractivity contribution in [1.29, 1.82) is 0 Å². The van der Waals surface area contributed by atoms with Gasteiger partial charge in [-0.1, -0.05) is 32.0 Å². The van der Waals surface area contributed by atoms with E-state index >= 15 is 0 Å². The lowest BCUT2D eigenvalue weighted by molar-refractivity contribution is 0.306. The van der Waals surface area contributed by atoms with Crippen LogP contribution in [-0.4, -0.2) is 24.2 Å². The molecule has 1 heterocycles. The summed E-state index contributed by atoms with van der Waals surface area (Å²) < 4.78 is 5.83.